The van der Waals surface area contributed by atoms with Crippen molar-refractivity contribution >= 4 is 11.8 Å². The lowest BCUT2D eigenvalue weighted by Crippen LogP contribution is -2.37. The Balaban J connectivity index is 2.17. The summed E-state index contributed by atoms with van der Waals surface area (Å²) in [5.74, 6) is 0.957. The molecule has 1 heterocycles. The van der Waals surface area contributed by atoms with Crippen LogP contribution in [0.5, 0.6) is 0 Å². The summed E-state index contributed by atoms with van der Waals surface area (Å²) in [5.41, 5.74) is 0. The fourth-order valence-corrected chi connectivity index (χ4v) is 2.21. The molecule has 15 heavy (non-hydrogen) atoms. The molecular weight excluding hydrogens is 210 g/mol. The lowest BCUT2D eigenvalue weighted by Gasteiger charge is -2.18. The van der Waals surface area contributed by atoms with E-state index in [2.05, 4.69) is 29.1 Å². The van der Waals surface area contributed by atoms with E-state index in [0.717, 1.165) is 17.3 Å². The predicted molar refractivity (Wildman–Crippen MR) is 63.1 cm³/mol. The Bertz CT molecular complexity index is 251. The number of nitrogens with one attached hydrogen (secondary N) is 2. The summed E-state index contributed by atoms with van der Waals surface area (Å²) in [4.78, 5) is 7.16. The van der Waals surface area contributed by atoms with E-state index in [4.69, 9.17) is 5.11 Å². The molecule has 0 saturated carbocycles. The number of imidazole rings is 1. The fourth-order valence-electron chi connectivity index (χ4n) is 1.33. The zero-order valence-electron chi connectivity index (χ0n) is 9.23. The Labute approximate surface area is 94.9 Å². The smallest absolute Gasteiger partial charge is 0.165 e. The first-order valence-electron chi connectivity index (χ1n) is 5.21. The predicted octanol–water partition coefficient (Wildman–Crippen LogP) is 1.25. The maximum absolute atomic E-state index is 9.14. The van der Waals surface area contributed by atoms with E-state index in [9.17, 15) is 0 Å². The Hall–Kier alpha value is -0.520. The van der Waals surface area contributed by atoms with Crippen LogP contribution in [-0.2, 0) is 0 Å². The van der Waals surface area contributed by atoms with Gasteiger partial charge in [-0.2, -0.15) is 0 Å². The molecule has 0 spiro atoms. The number of aromatic nitrogens is 2. The van der Waals surface area contributed by atoms with Crippen molar-refractivity contribution in [2.24, 2.45) is 0 Å². The molecule has 5 heteroatoms. The van der Waals surface area contributed by atoms with E-state index in [1.54, 1.807) is 18.0 Å². The summed E-state index contributed by atoms with van der Waals surface area (Å²) in [7, 11) is 0. The maximum atomic E-state index is 9.14. The van der Waals surface area contributed by atoms with Gasteiger partial charge in [0.2, 0.25) is 0 Å². The zero-order chi connectivity index (χ0) is 11.1. The first kappa shape index (κ1) is 12.5. The number of thioether (sulfide) groups is 1. The minimum absolute atomic E-state index is 0.187. The first-order chi connectivity index (χ1) is 7.22. The van der Waals surface area contributed by atoms with Gasteiger partial charge in [-0.15, -0.1) is 0 Å². The molecule has 86 valence electrons. The quantitative estimate of drug-likeness (QED) is 0.616. The minimum atomic E-state index is 0.187. The molecule has 0 aliphatic heterocycles. The van der Waals surface area contributed by atoms with Crippen molar-refractivity contribution in [2.45, 2.75) is 37.5 Å². The number of aliphatic hydroxyl groups is 1. The molecule has 0 saturated heterocycles. The van der Waals surface area contributed by atoms with Crippen LogP contribution in [0.25, 0.3) is 0 Å². The van der Waals surface area contributed by atoms with Crippen LogP contribution >= 0.6 is 11.8 Å². The van der Waals surface area contributed by atoms with Crippen molar-refractivity contribution in [1.82, 2.24) is 15.3 Å². The minimum Gasteiger partial charge on any atom is -0.395 e. The van der Waals surface area contributed by atoms with Crippen LogP contribution in [0.15, 0.2) is 17.6 Å². The van der Waals surface area contributed by atoms with Crippen molar-refractivity contribution in [3.05, 3.63) is 12.4 Å². The number of H-pyrrole nitrogens is 1. The molecule has 3 N–H and O–H groups in total. The highest BCUT2D eigenvalue weighted by molar-refractivity contribution is 7.99. The molecule has 1 aromatic rings. The van der Waals surface area contributed by atoms with E-state index in [1.165, 1.54) is 0 Å². The van der Waals surface area contributed by atoms with Gasteiger partial charge in [-0.3, -0.25) is 0 Å². The first-order valence-corrected chi connectivity index (χ1v) is 6.20. The van der Waals surface area contributed by atoms with E-state index < -0.39 is 0 Å². The summed E-state index contributed by atoms with van der Waals surface area (Å²) in [6.45, 7) is 4.36. The molecule has 0 bridgehead atoms. The summed E-state index contributed by atoms with van der Waals surface area (Å²) in [6.07, 6.45) is 4.51. The van der Waals surface area contributed by atoms with Crippen LogP contribution in [0.1, 0.15) is 20.3 Å². The highest BCUT2D eigenvalue weighted by Gasteiger charge is 2.08. The van der Waals surface area contributed by atoms with E-state index >= 15 is 0 Å². The highest BCUT2D eigenvalue weighted by atomic mass is 32.2. The normalized spacial score (nSPS) is 13.3. The molecule has 1 atom stereocenters. The van der Waals surface area contributed by atoms with E-state index in [-0.39, 0.29) is 12.6 Å². The molecule has 0 aromatic carbocycles. The second-order valence-electron chi connectivity index (χ2n) is 3.73. The van der Waals surface area contributed by atoms with Crippen LogP contribution in [-0.4, -0.2) is 39.5 Å². The van der Waals surface area contributed by atoms with Crippen LogP contribution in [0, 0.1) is 0 Å². The number of hydrogen-bond donors (Lipinski definition) is 3. The van der Waals surface area contributed by atoms with Gasteiger partial charge in [-0.1, -0.05) is 25.6 Å². The SMILES string of the molecule is CC(C)NC(CO)CCSc1ncc[nH]1. The maximum Gasteiger partial charge on any atom is 0.165 e. The van der Waals surface area contributed by atoms with Gasteiger partial charge in [0, 0.05) is 30.2 Å². The molecule has 1 aromatic heterocycles. The van der Waals surface area contributed by atoms with Crippen molar-refractivity contribution in [1.29, 1.82) is 0 Å². The number of nitrogens with zero attached hydrogens (tertiary/aromatic N) is 1. The summed E-state index contributed by atoms with van der Waals surface area (Å²) >= 11 is 1.68. The second-order valence-corrected chi connectivity index (χ2v) is 4.82. The van der Waals surface area contributed by atoms with Gasteiger partial charge < -0.3 is 15.4 Å². The topological polar surface area (TPSA) is 60.9 Å². The zero-order valence-corrected chi connectivity index (χ0v) is 10.0. The van der Waals surface area contributed by atoms with Gasteiger partial charge in [0.05, 0.1) is 6.61 Å². The van der Waals surface area contributed by atoms with Crippen molar-refractivity contribution < 1.29 is 5.11 Å². The highest BCUT2D eigenvalue weighted by Crippen LogP contribution is 2.13. The molecular formula is C10H19N3OS. The number of hydrogen-bond acceptors (Lipinski definition) is 4. The third-order valence-electron chi connectivity index (χ3n) is 1.97. The Morgan fingerprint density at radius 1 is 1.60 bits per heavy atom. The average Bonchev–Trinajstić information content (AvgIpc) is 2.68. The van der Waals surface area contributed by atoms with Crippen molar-refractivity contribution in [3.63, 3.8) is 0 Å². The Morgan fingerprint density at radius 3 is 2.93 bits per heavy atom. The van der Waals surface area contributed by atoms with Crippen LogP contribution in [0.4, 0.5) is 0 Å². The molecule has 1 rings (SSSR count). The average molecular weight is 229 g/mol. The number of rotatable bonds is 7. The Morgan fingerprint density at radius 2 is 2.40 bits per heavy atom. The van der Waals surface area contributed by atoms with Gasteiger partial charge >= 0.3 is 0 Å². The Kier molecular flexibility index (Phi) is 5.75. The lowest BCUT2D eigenvalue weighted by atomic mass is 10.2. The van der Waals surface area contributed by atoms with E-state index in [1.807, 2.05) is 6.20 Å². The monoisotopic (exact) mass is 229 g/mol. The van der Waals surface area contributed by atoms with Crippen molar-refractivity contribution in [2.75, 3.05) is 12.4 Å². The van der Waals surface area contributed by atoms with Gasteiger partial charge in [0.15, 0.2) is 5.16 Å². The van der Waals surface area contributed by atoms with Gasteiger partial charge in [-0.25, -0.2) is 4.98 Å². The number of aromatic amines is 1. The summed E-state index contributed by atoms with van der Waals surface area (Å²) in [6, 6.07) is 0.600. The molecule has 0 aliphatic carbocycles. The molecule has 0 aliphatic rings. The molecule has 0 amide bonds. The van der Waals surface area contributed by atoms with Gasteiger partial charge in [0.25, 0.3) is 0 Å². The third-order valence-corrected chi connectivity index (χ3v) is 2.90. The van der Waals surface area contributed by atoms with Crippen LogP contribution in [0.2, 0.25) is 0 Å². The second kappa shape index (κ2) is 6.87. The largest absolute Gasteiger partial charge is 0.395 e. The summed E-state index contributed by atoms with van der Waals surface area (Å²) in [5, 5.41) is 13.4. The molecule has 4 nitrogen and oxygen atoms in total. The fraction of sp³-hybridized carbons (Fsp3) is 0.700. The van der Waals surface area contributed by atoms with Gasteiger partial charge in [0.1, 0.15) is 0 Å². The van der Waals surface area contributed by atoms with Crippen LogP contribution in [0.3, 0.4) is 0 Å². The van der Waals surface area contributed by atoms with E-state index in [0.29, 0.717) is 6.04 Å². The standard InChI is InChI=1S/C10H19N3OS/c1-8(2)13-9(7-14)3-6-15-10-11-4-5-12-10/h4-5,8-9,13-14H,3,6-7H2,1-2H3,(H,11,12). The summed E-state index contributed by atoms with van der Waals surface area (Å²) < 4.78 is 0. The number of aliphatic hydroxyl groups excluding tert-OH is 1. The lowest BCUT2D eigenvalue weighted by molar-refractivity contribution is 0.232. The molecule has 1 unspecified atom stereocenters. The molecule has 0 radical (unpaired) electrons. The van der Waals surface area contributed by atoms with Crippen LogP contribution < -0.4 is 5.32 Å². The van der Waals surface area contributed by atoms with Gasteiger partial charge in [-0.05, 0) is 6.42 Å². The van der Waals surface area contributed by atoms with Crippen molar-refractivity contribution in [3.8, 4) is 0 Å². The third kappa shape index (κ3) is 5.20. The molecule has 0 fully saturated rings.